The number of esters is 1. The lowest BCUT2D eigenvalue weighted by atomic mass is 9.68. The Kier molecular flexibility index (Phi) is 8.45. The second-order valence-electron chi connectivity index (χ2n) is 11.8. The van der Waals surface area contributed by atoms with Crippen molar-refractivity contribution in [2.24, 2.45) is 5.41 Å². The van der Waals surface area contributed by atoms with Crippen molar-refractivity contribution in [1.29, 1.82) is 0 Å². The number of halogens is 7. The van der Waals surface area contributed by atoms with Gasteiger partial charge >= 0.3 is 18.3 Å². The minimum atomic E-state index is -6.11. The summed E-state index contributed by atoms with van der Waals surface area (Å²) in [5.74, 6) is -1.22. The fraction of sp³-hybridized carbons (Fsp3) is 0.536. The lowest BCUT2D eigenvalue weighted by Crippen LogP contribution is -2.54. The van der Waals surface area contributed by atoms with Gasteiger partial charge in [0, 0.05) is 5.56 Å². The summed E-state index contributed by atoms with van der Waals surface area (Å²) in [6.07, 6.45) is -12.3. The largest absolute Gasteiger partial charge is 0.460 e. The summed E-state index contributed by atoms with van der Waals surface area (Å²) in [5.41, 5.74) is -8.27. The predicted octanol–water partition coefficient (Wildman–Crippen LogP) is 7.12. The third-order valence-electron chi connectivity index (χ3n) is 7.54. The van der Waals surface area contributed by atoms with Gasteiger partial charge in [-0.1, -0.05) is 31.2 Å². The standard InChI is InChI=1S/C28H31F7O5S/c1-23(2,3)40-22(36)17-24(4)13-15-25(16-14-24,41(38,39)21-11-9-20(29)10-12-21)18-5-7-19(8-6-18)26(37,27(30,31)32)28(33,34)35/h5-12,37H,13-17H2,1-4H3. The number of aliphatic hydroxyl groups is 1. The molecule has 0 amide bonds. The van der Waals surface area contributed by atoms with Crippen molar-refractivity contribution < 1.29 is 53.8 Å². The number of hydrogen-bond donors (Lipinski definition) is 1. The van der Waals surface area contributed by atoms with E-state index in [4.69, 9.17) is 4.74 Å². The quantitative estimate of drug-likeness (QED) is 0.214. The van der Waals surface area contributed by atoms with E-state index in [0.29, 0.717) is 12.1 Å². The van der Waals surface area contributed by atoms with Crippen LogP contribution in [0.15, 0.2) is 53.4 Å². The molecule has 3 rings (SSSR count). The first kappa shape index (κ1) is 32.8. The van der Waals surface area contributed by atoms with E-state index in [1.807, 2.05) is 0 Å². The summed E-state index contributed by atoms with van der Waals surface area (Å²) in [6, 6.07) is 6.38. The Bertz CT molecular complexity index is 1340. The molecule has 0 radical (unpaired) electrons. The molecule has 0 aromatic heterocycles. The maximum atomic E-state index is 14.0. The lowest BCUT2D eigenvalue weighted by Gasteiger charge is -2.44. The van der Waals surface area contributed by atoms with Gasteiger partial charge in [0.25, 0.3) is 5.60 Å². The minimum Gasteiger partial charge on any atom is -0.460 e. The molecule has 228 valence electrons. The van der Waals surface area contributed by atoms with Crippen molar-refractivity contribution in [2.75, 3.05) is 0 Å². The van der Waals surface area contributed by atoms with Crippen LogP contribution in [0.25, 0.3) is 0 Å². The molecule has 2 aromatic rings. The van der Waals surface area contributed by atoms with Gasteiger partial charge in [0.2, 0.25) is 0 Å². The second kappa shape index (κ2) is 10.6. The number of ether oxygens (including phenoxy) is 1. The predicted molar refractivity (Wildman–Crippen MR) is 135 cm³/mol. The van der Waals surface area contributed by atoms with Crippen molar-refractivity contribution in [1.82, 2.24) is 0 Å². The molecule has 1 fully saturated rings. The van der Waals surface area contributed by atoms with Crippen LogP contribution in [0.1, 0.15) is 70.9 Å². The molecule has 1 aliphatic carbocycles. The van der Waals surface area contributed by atoms with Crippen molar-refractivity contribution in [3.8, 4) is 0 Å². The molecule has 41 heavy (non-hydrogen) atoms. The number of carbonyl (C=O) groups excluding carboxylic acids is 1. The zero-order valence-corrected chi connectivity index (χ0v) is 23.6. The molecule has 0 bridgehead atoms. The van der Waals surface area contributed by atoms with Crippen LogP contribution in [0.3, 0.4) is 0 Å². The first-order valence-electron chi connectivity index (χ1n) is 12.7. The van der Waals surface area contributed by atoms with E-state index in [-0.39, 0.29) is 42.6 Å². The molecule has 2 aromatic carbocycles. The van der Waals surface area contributed by atoms with Crippen LogP contribution in [0.2, 0.25) is 0 Å². The van der Waals surface area contributed by atoms with Crippen LogP contribution in [0.4, 0.5) is 30.7 Å². The third kappa shape index (κ3) is 6.25. The number of benzene rings is 2. The maximum absolute atomic E-state index is 14.0. The van der Waals surface area contributed by atoms with Gasteiger partial charge in [-0.05, 0) is 81.7 Å². The highest BCUT2D eigenvalue weighted by atomic mass is 32.2. The van der Waals surface area contributed by atoms with E-state index in [9.17, 15) is 49.1 Å². The molecule has 0 unspecified atom stereocenters. The van der Waals surface area contributed by atoms with Gasteiger partial charge in [0.05, 0.1) is 11.3 Å². The van der Waals surface area contributed by atoms with Crippen LogP contribution in [-0.4, -0.2) is 37.4 Å². The van der Waals surface area contributed by atoms with E-state index in [2.05, 4.69) is 0 Å². The fourth-order valence-electron chi connectivity index (χ4n) is 5.22. The van der Waals surface area contributed by atoms with Crippen molar-refractivity contribution in [3.63, 3.8) is 0 Å². The molecule has 0 spiro atoms. The molecule has 0 aliphatic heterocycles. The van der Waals surface area contributed by atoms with E-state index in [0.717, 1.165) is 36.4 Å². The summed E-state index contributed by atoms with van der Waals surface area (Å²) in [4.78, 5) is 12.2. The number of alkyl halides is 6. The molecule has 1 saturated carbocycles. The van der Waals surface area contributed by atoms with Gasteiger partial charge in [0.15, 0.2) is 9.84 Å². The number of carbonyl (C=O) groups is 1. The molecule has 5 nitrogen and oxygen atoms in total. The van der Waals surface area contributed by atoms with Gasteiger partial charge in [-0.25, -0.2) is 12.8 Å². The van der Waals surface area contributed by atoms with E-state index in [1.165, 1.54) is 0 Å². The highest BCUT2D eigenvalue weighted by molar-refractivity contribution is 7.92. The highest BCUT2D eigenvalue weighted by Crippen LogP contribution is 2.54. The maximum Gasteiger partial charge on any atom is 0.430 e. The second-order valence-corrected chi connectivity index (χ2v) is 14.1. The fourth-order valence-corrected chi connectivity index (χ4v) is 7.35. The van der Waals surface area contributed by atoms with Gasteiger partial charge < -0.3 is 9.84 Å². The topological polar surface area (TPSA) is 80.7 Å². The summed E-state index contributed by atoms with van der Waals surface area (Å²) in [6.45, 7) is 6.84. The van der Waals surface area contributed by atoms with Crippen LogP contribution in [-0.2, 0) is 29.7 Å². The average Bonchev–Trinajstić information content (AvgIpc) is 2.81. The van der Waals surface area contributed by atoms with Crippen LogP contribution < -0.4 is 0 Å². The SMILES string of the molecule is CC1(CC(=O)OC(C)(C)C)CCC(c2ccc(C(O)(C(F)(F)F)C(F)(F)F)cc2)(S(=O)(=O)c2ccc(F)cc2)CC1. The zero-order valence-electron chi connectivity index (χ0n) is 22.8. The van der Waals surface area contributed by atoms with Gasteiger partial charge in [-0.2, -0.15) is 26.3 Å². The molecular formula is C28H31F7O5S. The Morgan fingerprint density at radius 1 is 0.854 bits per heavy atom. The van der Waals surface area contributed by atoms with Crippen LogP contribution in [0, 0.1) is 11.2 Å². The van der Waals surface area contributed by atoms with Gasteiger partial charge in [-0.15, -0.1) is 0 Å². The van der Waals surface area contributed by atoms with Crippen molar-refractivity contribution in [3.05, 3.63) is 65.5 Å². The molecule has 1 aliphatic rings. The smallest absolute Gasteiger partial charge is 0.430 e. The summed E-state index contributed by atoms with van der Waals surface area (Å²) >= 11 is 0. The summed E-state index contributed by atoms with van der Waals surface area (Å²) in [7, 11) is -4.40. The molecule has 0 atom stereocenters. The van der Waals surface area contributed by atoms with Gasteiger partial charge in [0.1, 0.15) is 16.2 Å². The molecular weight excluding hydrogens is 581 g/mol. The third-order valence-corrected chi connectivity index (χ3v) is 10.1. The first-order valence-corrected chi connectivity index (χ1v) is 14.1. The van der Waals surface area contributed by atoms with Crippen LogP contribution in [0.5, 0.6) is 0 Å². The Hall–Kier alpha value is -2.67. The summed E-state index contributed by atoms with van der Waals surface area (Å²) < 4.78 is 126. The number of sulfone groups is 1. The van der Waals surface area contributed by atoms with Crippen molar-refractivity contribution >= 4 is 15.8 Å². The number of hydrogen-bond acceptors (Lipinski definition) is 5. The van der Waals surface area contributed by atoms with Gasteiger partial charge in [-0.3, -0.25) is 4.79 Å². The van der Waals surface area contributed by atoms with Crippen LogP contribution >= 0.6 is 0 Å². The monoisotopic (exact) mass is 612 g/mol. The molecule has 0 heterocycles. The van der Waals surface area contributed by atoms with E-state index >= 15 is 0 Å². The van der Waals surface area contributed by atoms with Crippen molar-refractivity contribution in [2.45, 2.75) is 93.0 Å². The number of rotatable bonds is 6. The normalized spacial score (nSPS) is 22.8. The Morgan fingerprint density at radius 2 is 1.32 bits per heavy atom. The molecule has 13 heteroatoms. The minimum absolute atomic E-state index is 0.0416. The molecule has 0 saturated heterocycles. The zero-order chi connectivity index (χ0) is 31.3. The van der Waals surface area contributed by atoms with E-state index in [1.54, 1.807) is 27.7 Å². The Morgan fingerprint density at radius 3 is 1.73 bits per heavy atom. The Labute approximate surface area is 233 Å². The average molecular weight is 613 g/mol. The summed E-state index contributed by atoms with van der Waals surface area (Å²) in [5, 5.41) is 9.77. The lowest BCUT2D eigenvalue weighted by molar-refractivity contribution is -0.376. The highest BCUT2D eigenvalue weighted by Gasteiger charge is 2.71. The first-order chi connectivity index (χ1) is 18.5. The Balaban J connectivity index is 2.09. The van der Waals surface area contributed by atoms with E-state index < -0.39 is 60.9 Å². The molecule has 1 N–H and O–H groups in total.